The van der Waals surface area contributed by atoms with Gasteiger partial charge >= 0.3 is 0 Å². The first-order chi connectivity index (χ1) is 13.0. The summed E-state index contributed by atoms with van der Waals surface area (Å²) in [6, 6.07) is 8.03. The molecule has 4 aliphatic carbocycles. The van der Waals surface area contributed by atoms with Crippen molar-refractivity contribution in [2.75, 3.05) is 6.61 Å². The Kier molecular flexibility index (Phi) is 3.78. The first-order valence-electron chi connectivity index (χ1n) is 10.3. The average molecular weight is 368 g/mol. The van der Waals surface area contributed by atoms with Gasteiger partial charge in [-0.2, -0.15) is 0 Å². The van der Waals surface area contributed by atoms with Crippen LogP contribution in [0, 0.1) is 17.3 Å². The van der Waals surface area contributed by atoms with E-state index in [1.54, 1.807) is 6.92 Å². The molecule has 5 heteroatoms. The van der Waals surface area contributed by atoms with Crippen molar-refractivity contribution in [1.82, 2.24) is 10.6 Å². The van der Waals surface area contributed by atoms with Crippen molar-refractivity contribution in [3.05, 3.63) is 29.8 Å². The molecule has 4 saturated carbocycles. The fourth-order valence-corrected chi connectivity index (χ4v) is 6.85. The van der Waals surface area contributed by atoms with Gasteiger partial charge in [0, 0.05) is 24.4 Å². The van der Waals surface area contributed by atoms with Crippen LogP contribution in [0.4, 0.5) is 0 Å². The standard InChI is InChI=1S/C22H28N2O3/c1-14(25)24-22-11-15-8-16(12-22)10-21(9-15,13-22)20(26)23-18-6-7-27-19-5-3-2-4-17(18)19/h2-5,15-16,18H,6-13H2,1H3,(H,23,26)(H,24,25)/t15-,16+,18-,21?,22?/m1/s1. The maximum atomic E-state index is 13.5. The molecular weight excluding hydrogens is 340 g/mol. The van der Waals surface area contributed by atoms with Gasteiger partial charge in [0.2, 0.25) is 11.8 Å². The predicted octanol–water partition coefficient (Wildman–Crippen LogP) is 3.10. The number of para-hydroxylation sites is 1. The van der Waals surface area contributed by atoms with Crippen LogP contribution in [-0.2, 0) is 9.59 Å². The zero-order valence-corrected chi connectivity index (χ0v) is 15.9. The number of nitrogens with one attached hydrogen (secondary N) is 2. The Balaban J connectivity index is 1.40. The topological polar surface area (TPSA) is 67.4 Å². The fourth-order valence-electron chi connectivity index (χ4n) is 6.85. The molecule has 5 aliphatic rings. The van der Waals surface area contributed by atoms with Crippen molar-refractivity contribution in [3.63, 3.8) is 0 Å². The number of hydrogen-bond acceptors (Lipinski definition) is 3. The van der Waals surface area contributed by atoms with Crippen LogP contribution in [0.15, 0.2) is 24.3 Å². The van der Waals surface area contributed by atoms with Crippen LogP contribution in [0.1, 0.15) is 63.5 Å². The van der Waals surface area contributed by atoms with E-state index in [0.717, 1.165) is 49.8 Å². The quantitative estimate of drug-likeness (QED) is 0.861. The average Bonchev–Trinajstić information content (AvgIpc) is 2.59. The van der Waals surface area contributed by atoms with Crippen LogP contribution in [0.5, 0.6) is 5.75 Å². The molecule has 144 valence electrons. The number of fused-ring (bicyclic) bond motifs is 1. The summed E-state index contributed by atoms with van der Waals surface area (Å²) in [4.78, 5) is 25.4. The van der Waals surface area contributed by atoms with Crippen molar-refractivity contribution in [2.45, 2.75) is 63.5 Å². The van der Waals surface area contributed by atoms with E-state index in [-0.39, 0.29) is 28.8 Å². The minimum absolute atomic E-state index is 0.0205. The second-order valence-corrected chi connectivity index (χ2v) is 9.40. The Morgan fingerprint density at radius 3 is 2.59 bits per heavy atom. The third-order valence-electron chi connectivity index (χ3n) is 7.25. The molecule has 0 saturated heterocycles. The highest BCUT2D eigenvalue weighted by molar-refractivity contribution is 5.84. The molecule has 0 radical (unpaired) electrons. The highest BCUT2D eigenvalue weighted by Crippen LogP contribution is 2.61. The van der Waals surface area contributed by atoms with E-state index in [2.05, 4.69) is 16.7 Å². The number of amides is 2. The largest absolute Gasteiger partial charge is 0.493 e. The summed E-state index contributed by atoms with van der Waals surface area (Å²) in [7, 11) is 0. The van der Waals surface area contributed by atoms with Gasteiger partial charge in [0.15, 0.2) is 0 Å². The van der Waals surface area contributed by atoms with E-state index >= 15 is 0 Å². The third kappa shape index (κ3) is 2.82. The lowest BCUT2D eigenvalue weighted by Gasteiger charge is -2.61. The van der Waals surface area contributed by atoms with E-state index < -0.39 is 0 Å². The van der Waals surface area contributed by atoms with Crippen molar-refractivity contribution in [3.8, 4) is 5.75 Å². The van der Waals surface area contributed by atoms with Crippen LogP contribution in [-0.4, -0.2) is 24.0 Å². The molecule has 5 atom stereocenters. The molecule has 5 nitrogen and oxygen atoms in total. The van der Waals surface area contributed by atoms with E-state index in [1.165, 1.54) is 6.42 Å². The Morgan fingerprint density at radius 1 is 1.11 bits per heavy atom. The number of carbonyl (C=O) groups is 2. The number of carbonyl (C=O) groups excluding carboxylic acids is 2. The van der Waals surface area contributed by atoms with E-state index in [9.17, 15) is 9.59 Å². The van der Waals surface area contributed by atoms with Gasteiger partial charge in [-0.25, -0.2) is 0 Å². The monoisotopic (exact) mass is 368 g/mol. The zero-order chi connectivity index (χ0) is 18.6. The zero-order valence-electron chi connectivity index (χ0n) is 15.9. The molecule has 4 bridgehead atoms. The summed E-state index contributed by atoms with van der Waals surface area (Å²) in [5, 5.41) is 6.62. The van der Waals surface area contributed by atoms with E-state index in [0.29, 0.717) is 18.4 Å². The van der Waals surface area contributed by atoms with Gasteiger partial charge in [0.25, 0.3) is 0 Å². The number of ether oxygens (including phenoxy) is 1. The lowest BCUT2D eigenvalue weighted by molar-refractivity contribution is -0.154. The van der Waals surface area contributed by atoms with E-state index in [4.69, 9.17) is 4.74 Å². The Morgan fingerprint density at radius 2 is 1.85 bits per heavy atom. The molecule has 1 aromatic carbocycles. The van der Waals surface area contributed by atoms with Crippen LogP contribution in [0.3, 0.4) is 0 Å². The fraction of sp³-hybridized carbons (Fsp3) is 0.636. The highest BCUT2D eigenvalue weighted by Gasteiger charge is 2.61. The first-order valence-corrected chi connectivity index (χ1v) is 10.3. The van der Waals surface area contributed by atoms with Gasteiger partial charge in [0.05, 0.1) is 18.1 Å². The van der Waals surface area contributed by atoms with Crippen LogP contribution < -0.4 is 15.4 Å². The maximum Gasteiger partial charge on any atom is 0.226 e. The molecule has 2 amide bonds. The normalized spacial score (nSPS) is 38.6. The molecular formula is C22H28N2O3. The van der Waals surface area contributed by atoms with E-state index in [1.807, 2.05) is 18.2 Å². The second kappa shape index (κ2) is 5.98. The third-order valence-corrected chi connectivity index (χ3v) is 7.25. The minimum atomic E-state index is -0.320. The highest BCUT2D eigenvalue weighted by atomic mass is 16.5. The smallest absolute Gasteiger partial charge is 0.226 e. The second-order valence-electron chi connectivity index (χ2n) is 9.40. The molecule has 2 unspecified atom stereocenters. The Hall–Kier alpha value is -2.04. The Bertz CT molecular complexity index is 776. The van der Waals surface area contributed by atoms with Gasteiger partial charge in [-0.05, 0) is 56.4 Å². The van der Waals surface area contributed by atoms with Crippen LogP contribution >= 0.6 is 0 Å². The number of hydrogen-bond donors (Lipinski definition) is 2. The summed E-state index contributed by atoms with van der Waals surface area (Å²) in [6.45, 7) is 2.24. The summed E-state index contributed by atoms with van der Waals surface area (Å²) < 4.78 is 5.75. The molecule has 4 fully saturated rings. The van der Waals surface area contributed by atoms with Crippen molar-refractivity contribution in [1.29, 1.82) is 0 Å². The SMILES string of the molecule is CC(=O)NC12C[C@H]3C[C@@H](C1)CC(C(=O)N[C@@H]1CCOc4ccccc41)(C3)C2. The lowest BCUT2D eigenvalue weighted by atomic mass is 9.46. The van der Waals surface area contributed by atoms with Crippen LogP contribution in [0.2, 0.25) is 0 Å². The molecule has 27 heavy (non-hydrogen) atoms. The molecule has 1 aliphatic heterocycles. The maximum absolute atomic E-state index is 13.5. The molecule has 2 N–H and O–H groups in total. The van der Waals surface area contributed by atoms with Crippen molar-refractivity contribution in [2.24, 2.45) is 17.3 Å². The van der Waals surface area contributed by atoms with Crippen molar-refractivity contribution >= 4 is 11.8 Å². The van der Waals surface area contributed by atoms with Gasteiger partial charge in [0.1, 0.15) is 5.75 Å². The van der Waals surface area contributed by atoms with Gasteiger partial charge in [-0.3, -0.25) is 9.59 Å². The van der Waals surface area contributed by atoms with Gasteiger partial charge in [-0.15, -0.1) is 0 Å². The number of rotatable bonds is 3. The minimum Gasteiger partial charge on any atom is -0.493 e. The molecule has 1 heterocycles. The number of benzene rings is 1. The molecule has 1 aromatic rings. The molecule has 0 aromatic heterocycles. The van der Waals surface area contributed by atoms with Gasteiger partial charge < -0.3 is 15.4 Å². The molecule has 0 spiro atoms. The van der Waals surface area contributed by atoms with Crippen molar-refractivity contribution < 1.29 is 14.3 Å². The summed E-state index contributed by atoms with van der Waals surface area (Å²) in [6.07, 6.45) is 6.85. The summed E-state index contributed by atoms with van der Waals surface area (Å²) in [5.74, 6) is 2.23. The Labute approximate surface area is 160 Å². The molecule has 6 rings (SSSR count). The first kappa shape index (κ1) is 17.1. The summed E-state index contributed by atoms with van der Waals surface area (Å²) >= 11 is 0. The summed E-state index contributed by atoms with van der Waals surface area (Å²) in [5.41, 5.74) is 0.596. The van der Waals surface area contributed by atoms with Crippen LogP contribution in [0.25, 0.3) is 0 Å². The lowest BCUT2D eigenvalue weighted by Crippen LogP contribution is -2.65. The predicted molar refractivity (Wildman–Crippen MR) is 101 cm³/mol. The van der Waals surface area contributed by atoms with Gasteiger partial charge in [-0.1, -0.05) is 18.2 Å².